The minimum Gasteiger partial charge on any atom is -0.454 e. The molecule has 1 aliphatic heterocycles. The normalized spacial score (nSPS) is 13.4. The van der Waals surface area contributed by atoms with Crippen molar-refractivity contribution in [1.82, 2.24) is 14.8 Å². The number of amides is 2. The number of carbonyl (C=O) groups excluding carboxylic acids is 2. The number of furan rings is 1. The maximum atomic E-state index is 12.7. The minimum absolute atomic E-state index is 0.345. The van der Waals surface area contributed by atoms with Crippen LogP contribution in [0, 0.1) is 0 Å². The van der Waals surface area contributed by atoms with E-state index in [-0.39, 0.29) is 0 Å². The predicted molar refractivity (Wildman–Crippen MR) is 123 cm³/mol. The van der Waals surface area contributed by atoms with Crippen LogP contribution in [0.3, 0.4) is 0 Å². The van der Waals surface area contributed by atoms with Gasteiger partial charge in [0.15, 0.2) is 5.76 Å². The van der Waals surface area contributed by atoms with E-state index in [2.05, 4.69) is 5.10 Å². The highest BCUT2D eigenvalue weighted by Crippen LogP contribution is 2.30. The zero-order valence-corrected chi connectivity index (χ0v) is 17.3. The van der Waals surface area contributed by atoms with Crippen LogP contribution in [0.2, 0.25) is 0 Å². The zero-order valence-electron chi connectivity index (χ0n) is 17.3. The Labute approximate surface area is 188 Å². The van der Waals surface area contributed by atoms with Crippen molar-refractivity contribution in [2.24, 2.45) is 5.10 Å². The van der Waals surface area contributed by atoms with E-state index >= 15 is 0 Å². The molecule has 33 heavy (non-hydrogen) atoms. The lowest BCUT2D eigenvalue weighted by molar-refractivity contribution is 0.0660. The fraction of sp³-hybridized carbons (Fsp3) is 0. The first-order valence-electron chi connectivity index (χ1n) is 10.3. The van der Waals surface area contributed by atoms with Gasteiger partial charge in [-0.15, -0.1) is 0 Å². The fourth-order valence-electron chi connectivity index (χ4n) is 3.89. The monoisotopic (exact) mass is 432 g/mol. The summed E-state index contributed by atoms with van der Waals surface area (Å²) in [6.45, 7) is 0. The molecular weight excluding hydrogens is 416 g/mol. The van der Waals surface area contributed by atoms with Gasteiger partial charge in [0.25, 0.3) is 11.8 Å². The topological polar surface area (TPSA) is 80.7 Å². The van der Waals surface area contributed by atoms with Crippen molar-refractivity contribution in [3.63, 3.8) is 0 Å². The molecule has 0 bridgehead atoms. The van der Waals surface area contributed by atoms with Crippen molar-refractivity contribution in [2.75, 3.05) is 0 Å². The Kier molecular flexibility index (Phi) is 4.26. The number of para-hydroxylation sites is 2. The number of hydrazone groups is 1. The Bertz CT molecular complexity index is 1500. The first kappa shape index (κ1) is 18.9. The molecule has 0 aliphatic carbocycles. The minimum atomic E-state index is -0.451. The Morgan fingerprint density at radius 2 is 1.48 bits per heavy atom. The highest BCUT2D eigenvalue weighted by Gasteiger charge is 2.35. The average molecular weight is 432 g/mol. The molecule has 2 aromatic heterocycles. The molecule has 7 nitrogen and oxygen atoms in total. The molecule has 0 unspecified atom stereocenters. The number of imide groups is 1. The molecule has 0 radical (unpaired) electrons. The Morgan fingerprint density at radius 3 is 2.21 bits per heavy atom. The van der Waals surface area contributed by atoms with Gasteiger partial charge in [-0.25, -0.2) is 4.68 Å². The summed E-state index contributed by atoms with van der Waals surface area (Å²) in [5, 5.41) is 10.8. The quantitative estimate of drug-likeness (QED) is 0.298. The molecule has 5 aromatic rings. The second-order valence-corrected chi connectivity index (χ2v) is 7.57. The van der Waals surface area contributed by atoms with Crippen molar-refractivity contribution in [3.8, 4) is 17.1 Å². The van der Waals surface area contributed by atoms with E-state index in [1.54, 1.807) is 35.1 Å². The molecule has 0 N–H and O–H groups in total. The Balaban J connectivity index is 1.44. The molecule has 7 heteroatoms. The van der Waals surface area contributed by atoms with Gasteiger partial charge in [0.2, 0.25) is 0 Å². The van der Waals surface area contributed by atoms with E-state index in [1.807, 2.05) is 60.7 Å². The van der Waals surface area contributed by atoms with Crippen LogP contribution in [0.1, 0.15) is 26.3 Å². The zero-order chi connectivity index (χ0) is 22.4. The lowest BCUT2D eigenvalue weighted by Gasteiger charge is -2.05. The van der Waals surface area contributed by atoms with E-state index in [9.17, 15) is 9.59 Å². The number of rotatable bonds is 4. The van der Waals surface area contributed by atoms with Crippen molar-refractivity contribution in [3.05, 3.63) is 108 Å². The van der Waals surface area contributed by atoms with Crippen molar-refractivity contribution in [2.45, 2.75) is 0 Å². The number of hydrogen-bond acceptors (Lipinski definition) is 5. The average Bonchev–Trinajstić information content (AvgIpc) is 3.54. The summed E-state index contributed by atoms with van der Waals surface area (Å²) in [6, 6.07) is 25.9. The second kappa shape index (κ2) is 7.42. The molecule has 0 spiro atoms. The summed E-state index contributed by atoms with van der Waals surface area (Å²) >= 11 is 0. The SMILES string of the molecule is O=C1c2ccccc2C(=O)N1N=Cc1cn(-c2ccccc2)nc1-c1cc2ccccc2o1. The molecule has 2 amide bonds. The lowest BCUT2D eigenvalue weighted by atomic mass is 10.1. The summed E-state index contributed by atoms with van der Waals surface area (Å²) in [5.74, 6) is -0.338. The molecule has 0 fully saturated rings. The number of nitrogens with zero attached hydrogens (tertiary/aromatic N) is 4. The highest BCUT2D eigenvalue weighted by atomic mass is 16.3. The fourth-order valence-corrected chi connectivity index (χ4v) is 3.89. The summed E-state index contributed by atoms with van der Waals surface area (Å²) in [4.78, 5) is 25.4. The van der Waals surface area contributed by atoms with E-state index in [0.717, 1.165) is 21.7 Å². The van der Waals surface area contributed by atoms with Gasteiger partial charge < -0.3 is 4.42 Å². The van der Waals surface area contributed by atoms with E-state index in [4.69, 9.17) is 9.52 Å². The van der Waals surface area contributed by atoms with Gasteiger partial charge in [-0.05, 0) is 36.4 Å². The van der Waals surface area contributed by atoms with Crippen LogP contribution in [0.25, 0.3) is 28.1 Å². The summed E-state index contributed by atoms with van der Waals surface area (Å²) in [7, 11) is 0. The molecule has 0 atom stereocenters. The second-order valence-electron chi connectivity index (χ2n) is 7.57. The molecule has 3 heterocycles. The van der Waals surface area contributed by atoms with Crippen LogP contribution in [0.15, 0.2) is 101 Å². The van der Waals surface area contributed by atoms with Crippen LogP contribution in [0.5, 0.6) is 0 Å². The molecule has 0 saturated heterocycles. The first-order valence-corrected chi connectivity index (χ1v) is 10.3. The third kappa shape index (κ3) is 3.14. The smallest absolute Gasteiger partial charge is 0.282 e. The van der Waals surface area contributed by atoms with Crippen LogP contribution in [0.4, 0.5) is 0 Å². The highest BCUT2D eigenvalue weighted by molar-refractivity contribution is 6.21. The van der Waals surface area contributed by atoms with Gasteiger partial charge in [0.05, 0.1) is 23.0 Å². The Morgan fingerprint density at radius 1 is 0.818 bits per heavy atom. The maximum Gasteiger partial charge on any atom is 0.282 e. The maximum absolute atomic E-state index is 12.7. The first-order chi connectivity index (χ1) is 16.2. The van der Waals surface area contributed by atoms with Gasteiger partial charge in [-0.3, -0.25) is 9.59 Å². The molecular formula is C26H16N4O3. The number of benzene rings is 3. The van der Waals surface area contributed by atoms with Gasteiger partial charge in [0.1, 0.15) is 11.3 Å². The van der Waals surface area contributed by atoms with Crippen molar-refractivity contribution in [1.29, 1.82) is 0 Å². The van der Waals surface area contributed by atoms with Gasteiger partial charge in [-0.1, -0.05) is 48.5 Å². The predicted octanol–water partition coefficient (Wildman–Crippen LogP) is 4.92. The molecule has 0 saturated carbocycles. The molecule has 158 valence electrons. The van der Waals surface area contributed by atoms with Crippen molar-refractivity contribution < 1.29 is 14.0 Å². The van der Waals surface area contributed by atoms with Crippen LogP contribution < -0.4 is 0 Å². The third-order valence-corrected chi connectivity index (χ3v) is 5.51. The Hall–Kier alpha value is -4.78. The van der Waals surface area contributed by atoms with Gasteiger partial charge in [0, 0.05) is 17.1 Å². The molecule has 6 rings (SSSR count). The largest absolute Gasteiger partial charge is 0.454 e. The lowest BCUT2D eigenvalue weighted by Crippen LogP contribution is -2.24. The standard InChI is InChI=1S/C26H16N4O3/c31-25-20-11-5-6-12-21(20)26(32)30(25)27-15-18-16-29(19-9-2-1-3-10-19)28-24(18)23-14-17-8-4-7-13-22(17)33-23/h1-16H. The number of aromatic nitrogens is 2. The number of hydrogen-bond donors (Lipinski definition) is 0. The summed E-state index contributed by atoms with van der Waals surface area (Å²) < 4.78 is 7.74. The summed E-state index contributed by atoms with van der Waals surface area (Å²) in [5.41, 5.74) is 3.44. The van der Waals surface area contributed by atoms with Crippen LogP contribution in [-0.2, 0) is 0 Å². The molecule has 3 aromatic carbocycles. The van der Waals surface area contributed by atoms with Gasteiger partial charge in [-0.2, -0.15) is 15.2 Å². The van der Waals surface area contributed by atoms with Crippen LogP contribution >= 0.6 is 0 Å². The van der Waals surface area contributed by atoms with E-state index < -0.39 is 11.8 Å². The van der Waals surface area contributed by atoms with E-state index in [1.165, 1.54) is 6.21 Å². The number of fused-ring (bicyclic) bond motifs is 2. The van der Waals surface area contributed by atoms with Crippen molar-refractivity contribution >= 4 is 29.0 Å². The van der Waals surface area contributed by atoms with Crippen LogP contribution in [-0.4, -0.2) is 32.8 Å². The molecule has 1 aliphatic rings. The van der Waals surface area contributed by atoms with Gasteiger partial charge >= 0.3 is 0 Å². The van der Waals surface area contributed by atoms with E-state index in [0.29, 0.717) is 28.1 Å². The summed E-state index contributed by atoms with van der Waals surface area (Å²) in [6.07, 6.45) is 3.26. The number of carbonyl (C=O) groups is 2. The third-order valence-electron chi connectivity index (χ3n) is 5.51.